The number of rotatable bonds is 13. The van der Waals surface area contributed by atoms with Gasteiger partial charge >= 0.3 is 0 Å². The first kappa shape index (κ1) is 20.7. The Kier molecular flexibility index (Phi) is 16.6. The zero-order chi connectivity index (χ0) is 16.3. The zero-order valence-corrected chi connectivity index (χ0v) is 14.5. The number of allylic oxidation sites excluding steroid dienone is 10. The van der Waals surface area contributed by atoms with Gasteiger partial charge in [0.25, 0.3) is 0 Å². The Morgan fingerprint density at radius 2 is 1.14 bits per heavy atom. The molecule has 0 amide bonds. The molecule has 0 rings (SSSR count). The number of carbonyl (C=O) groups excluding carboxylic acids is 1. The maximum Gasteiger partial charge on any atom is 0.221 e. The first-order chi connectivity index (χ1) is 10.8. The SMILES string of the molecule is CC/C=C\CC=CCC=CC/C=C\C/C=C\CCCC(=O)Cl. The van der Waals surface area contributed by atoms with E-state index in [1.54, 1.807) is 0 Å². The molecule has 2 heteroatoms. The van der Waals surface area contributed by atoms with Crippen LogP contribution in [0.25, 0.3) is 0 Å². The Labute approximate surface area is 141 Å². The van der Waals surface area contributed by atoms with E-state index in [1.807, 2.05) is 0 Å². The topological polar surface area (TPSA) is 17.1 Å². The van der Waals surface area contributed by atoms with Crippen molar-refractivity contribution >= 4 is 16.8 Å². The molecule has 0 aliphatic rings. The molecule has 0 unspecified atom stereocenters. The van der Waals surface area contributed by atoms with E-state index in [-0.39, 0.29) is 5.24 Å². The minimum absolute atomic E-state index is 0.243. The van der Waals surface area contributed by atoms with E-state index >= 15 is 0 Å². The van der Waals surface area contributed by atoms with E-state index in [9.17, 15) is 4.79 Å². The van der Waals surface area contributed by atoms with E-state index in [4.69, 9.17) is 11.6 Å². The molecule has 0 aromatic rings. The van der Waals surface area contributed by atoms with E-state index in [0.717, 1.165) is 44.9 Å². The Hall–Kier alpha value is -1.34. The fraction of sp³-hybridized carbons (Fsp3) is 0.450. The van der Waals surface area contributed by atoms with Gasteiger partial charge in [-0.05, 0) is 56.5 Å². The summed E-state index contributed by atoms with van der Waals surface area (Å²) in [6, 6.07) is 0. The number of hydrogen-bond donors (Lipinski definition) is 0. The molecular formula is C20H29ClO. The minimum atomic E-state index is -0.243. The first-order valence-corrected chi connectivity index (χ1v) is 8.58. The fourth-order valence-electron chi connectivity index (χ4n) is 1.73. The Bertz CT molecular complexity index is 400. The molecule has 0 heterocycles. The van der Waals surface area contributed by atoms with Crippen LogP contribution in [0.2, 0.25) is 0 Å². The molecule has 0 N–H and O–H groups in total. The van der Waals surface area contributed by atoms with E-state index < -0.39 is 0 Å². The maximum atomic E-state index is 10.5. The van der Waals surface area contributed by atoms with Gasteiger partial charge in [-0.25, -0.2) is 0 Å². The van der Waals surface area contributed by atoms with E-state index in [0.29, 0.717) is 6.42 Å². The molecule has 0 atom stereocenters. The fourth-order valence-corrected chi connectivity index (χ4v) is 1.86. The molecule has 0 aliphatic heterocycles. The number of halogens is 1. The molecule has 122 valence electrons. The summed E-state index contributed by atoms with van der Waals surface area (Å²) >= 11 is 5.26. The van der Waals surface area contributed by atoms with Crippen LogP contribution in [0.3, 0.4) is 0 Å². The smallest absolute Gasteiger partial charge is 0.221 e. The number of carbonyl (C=O) groups is 1. The van der Waals surface area contributed by atoms with Gasteiger partial charge in [0.05, 0.1) is 0 Å². The summed E-state index contributed by atoms with van der Waals surface area (Å²) in [4.78, 5) is 10.5. The summed E-state index contributed by atoms with van der Waals surface area (Å²) in [7, 11) is 0. The van der Waals surface area contributed by atoms with Crippen molar-refractivity contribution in [2.45, 2.75) is 58.3 Å². The molecule has 0 fully saturated rings. The molecular weight excluding hydrogens is 292 g/mol. The molecule has 0 aliphatic carbocycles. The predicted octanol–water partition coefficient (Wildman–Crippen LogP) is 6.67. The van der Waals surface area contributed by atoms with Gasteiger partial charge in [0, 0.05) is 6.42 Å². The second-order valence-electron chi connectivity index (χ2n) is 4.96. The highest BCUT2D eigenvalue weighted by Gasteiger charge is 1.92. The summed E-state index contributed by atoms with van der Waals surface area (Å²) in [5.41, 5.74) is 0. The third-order valence-electron chi connectivity index (χ3n) is 2.90. The third kappa shape index (κ3) is 18.7. The number of hydrogen-bond acceptors (Lipinski definition) is 1. The van der Waals surface area contributed by atoms with Crippen molar-refractivity contribution in [3.05, 3.63) is 60.8 Å². The molecule has 0 aromatic carbocycles. The Balaban J connectivity index is 3.46. The largest absolute Gasteiger partial charge is 0.281 e. The van der Waals surface area contributed by atoms with Crippen LogP contribution in [0.15, 0.2) is 60.8 Å². The Morgan fingerprint density at radius 3 is 1.55 bits per heavy atom. The van der Waals surface area contributed by atoms with Gasteiger partial charge in [0.1, 0.15) is 0 Å². The Morgan fingerprint density at radius 1 is 0.727 bits per heavy atom. The molecule has 0 bridgehead atoms. The second-order valence-corrected chi connectivity index (χ2v) is 5.38. The van der Waals surface area contributed by atoms with Crippen molar-refractivity contribution in [2.24, 2.45) is 0 Å². The van der Waals surface area contributed by atoms with Crippen LogP contribution in [0.4, 0.5) is 0 Å². The second kappa shape index (κ2) is 17.7. The van der Waals surface area contributed by atoms with Gasteiger partial charge in [0.15, 0.2) is 0 Å². The van der Waals surface area contributed by atoms with Crippen molar-refractivity contribution in [1.29, 1.82) is 0 Å². The minimum Gasteiger partial charge on any atom is -0.281 e. The molecule has 0 saturated heterocycles. The maximum absolute atomic E-state index is 10.5. The number of unbranched alkanes of at least 4 members (excludes halogenated alkanes) is 1. The van der Waals surface area contributed by atoms with Crippen molar-refractivity contribution < 1.29 is 4.79 Å². The van der Waals surface area contributed by atoms with Crippen molar-refractivity contribution in [3.63, 3.8) is 0 Å². The van der Waals surface area contributed by atoms with Gasteiger partial charge in [-0.3, -0.25) is 4.79 Å². The average molecular weight is 321 g/mol. The van der Waals surface area contributed by atoms with Gasteiger partial charge in [-0.15, -0.1) is 0 Å². The molecule has 0 spiro atoms. The zero-order valence-electron chi connectivity index (χ0n) is 13.7. The summed E-state index contributed by atoms with van der Waals surface area (Å²) in [5.74, 6) is 0. The van der Waals surface area contributed by atoms with Crippen LogP contribution in [-0.4, -0.2) is 5.24 Å². The van der Waals surface area contributed by atoms with Crippen LogP contribution in [0.1, 0.15) is 58.3 Å². The summed E-state index contributed by atoms with van der Waals surface area (Å²) in [5, 5.41) is -0.243. The van der Waals surface area contributed by atoms with E-state index in [2.05, 4.69) is 67.7 Å². The van der Waals surface area contributed by atoms with Crippen molar-refractivity contribution in [1.82, 2.24) is 0 Å². The third-order valence-corrected chi connectivity index (χ3v) is 3.09. The van der Waals surface area contributed by atoms with Crippen molar-refractivity contribution in [2.75, 3.05) is 0 Å². The van der Waals surface area contributed by atoms with Gasteiger partial charge in [-0.1, -0.05) is 67.7 Å². The summed E-state index contributed by atoms with van der Waals surface area (Å²) in [6.45, 7) is 2.15. The molecule has 0 aromatic heterocycles. The molecule has 0 saturated carbocycles. The molecule has 22 heavy (non-hydrogen) atoms. The average Bonchev–Trinajstić information content (AvgIpc) is 2.50. The highest BCUT2D eigenvalue weighted by atomic mass is 35.5. The van der Waals surface area contributed by atoms with Crippen molar-refractivity contribution in [3.8, 4) is 0 Å². The van der Waals surface area contributed by atoms with Gasteiger partial charge in [-0.2, -0.15) is 0 Å². The predicted molar refractivity (Wildman–Crippen MR) is 99.2 cm³/mol. The lowest BCUT2D eigenvalue weighted by Gasteiger charge is -1.89. The van der Waals surface area contributed by atoms with Crippen LogP contribution in [-0.2, 0) is 4.79 Å². The molecule has 0 radical (unpaired) electrons. The highest BCUT2D eigenvalue weighted by molar-refractivity contribution is 6.63. The lowest BCUT2D eigenvalue weighted by Crippen LogP contribution is -1.83. The van der Waals surface area contributed by atoms with Gasteiger partial charge in [0.2, 0.25) is 5.24 Å². The van der Waals surface area contributed by atoms with Crippen LogP contribution < -0.4 is 0 Å². The van der Waals surface area contributed by atoms with E-state index in [1.165, 1.54) is 0 Å². The lowest BCUT2D eigenvalue weighted by atomic mass is 10.2. The quantitative estimate of drug-likeness (QED) is 0.210. The standard InChI is InChI=1S/C20H29ClO/c1-2-3-4-5-6-7-8-9-10-11-12-13-14-15-16-17-18-19-20(21)22/h3-4,6-7,9-10,12-13,15-16H,2,5,8,11,14,17-19H2,1H3/b4-3-,7-6?,10-9?,13-12-,16-15-. The molecule has 1 nitrogen and oxygen atoms in total. The normalized spacial score (nSPS) is 12.8. The summed E-state index contributed by atoms with van der Waals surface area (Å²) < 4.78 is 0. The highest BCUT2D eigenvalue weighted by Crippen LogP contribution is 2.01. The van der Waals surface area contributed by atoms with Crippen LogP contribution in [0.5, 0.6) is 0 Å². The van der Waals surface area contributed by atoms with Crippen LogP contribution >= 0.6 is 11.6 Å². The first-order valence-electron chi connectivity index (χ1n) is 8.20. The monoisotopic (exact) mass is 320 g/mol. The summed E-state index contributed by atoms with van der Waals surface area (Å²) in [6.07, 6.45) is 29.1. The van der Waals surface area contributed by atoms with Crippen LogP contribution in [0, 0.1) is 0 Å². The van der Waals surface area contributed by atoms with Gasteiger partial charge < -0.3 is 0 Å². The lowest BCUT2D eigenvalue weighted by molar-refractivity contribution is -0.111.